The van der Waals surface area contributed by atoms with Gasteiger partial charge >= 0.3 is 5.97 Å². The molecule has 1 aromatic carbocycles. The average Bonchev–Trinajstić information content (AvgIpc) is 2.30. The minimum absolute atomic E-state index is 0.0693. The molecule has 0 saturated carbocycles. The smallest absolute Gasteiger partial charge is 0.374 e. The van der Waals surface area contributed by atoms with E-state index in [-0.39, 0.29) is 12.1 Å². The zero-order valence-electron chi connectivity index (χ0n) is 9.43. The number of esters is 1. The van der Waals surface area contributed by atoms with E-state index < -0.39 is 16.7 Å². The number of nitro benzene ring substituents is 1. The second-order valence-corrected chi connectivity index (χ2v) is 3.41. The number of nitrogens with zero attached hydrogens (tertiary/aromatic N) is 1. The lowest BCUT2D eigenvalue weighted by Crippen LogP contribution is -2.18. The maximum absolute atomic E-state index is 11.3. The van der Waals surface area contributed by atoms with Crippen molar-refractivity contribution in [3.63, 3.8) is 0 Å². The zero-order chi connectivity index (χ0) is 13.0. The fourth-order valence-corrected chi connectivity index (χ4v) is 1.42. The lowest BCUT2D eigenvalue weighted by Gasteiger charge is -2.04. The topological polar surface area (TPSA) is 86.5 Å². The van der Waals surface area contributed by atoms with Gasteiger partial charge in [0.2, 0.25) is 5.78 Å². The number of ether oxygens (including phenoxy) is 1. The van der Waals surface area contributed by atoms with Crippen LogP contribution in [0, 0.1) is 17.0 Å². The van der Waals surface area contributed by atoms with E-state index in [1.54, 1.807) is 6.07 Å². The van der Waals surface area contributed by atoms with Gasteiger partial charge in [-0.2, -0.15) is 0 Å². The van der Waals surface area contributed by atoms with Crippen LogP contribution >= 0.6 is 0 Å². The highest BCUT2D eigenvalue weighted by Crippen LogP contribution is 2.21. The van der Waals surface area contributed by atoms with E-state index in [0.717, 1.165) is 7.11 Å². The van der Waals surface area contributed by atoms with E-state index in [1.165, 1.54) is 19.1 Å². The minimum Gasteiger partial charge on any atom is -0.463 e. The van der Waals surface area contributed by atoms with E-state index in [9.17, 15) is 19.7 Å². The highest BCUT2D eigenvalue weighted by Gasteiger charge is 2.19. The molecule has 1 aromatic rings. The van der Waals surface area contributed by atoms with Crippen LogP contribution in [0.5, 0.6) is 0 Å². The fourth-order valence-electron chi connectivity index (χ4n) is 1.42. The highest BCUT2D eigenvalue weighted by atomic mass is 16.6. The number of carbonyl (C=O) groups excluding carboxylic acids is 2. The number of benzene rings is 1. The summed E-state index contributed by atoms with van der Waals surface area (Å²) in [5.74, 6) is -1.67. The first kappa shape index (κ1) is 12.8. The Kier molecular flexibility index (Phi) is 3.92. The van der Waals surface area contributed by atoms with Crippen LogP contribution in [0.2, 0.25) is 0 Å². The van der Waals surface area contributed by atoms with Gasteiger partial charge in [-0.25, -0.2) is 4.79 Å². The van der Waals surface area contributed by atoms with Gasteiger partial charge in [0.1, 0.15) is 0 Å². The summed E-state index contributed by atoms with van der Waals surface area (Å²) in [4.78, 5) is 32.4. The van der Waals surface area contributed by atoms with Gasteiger partial charge in [-0.05, 0) is 12.5 Å². The van der Waals surface area contributed by atoms with Crippen LogP contribution in [0.3, 0.4) is 0 Å². The summed E-state index contributed by atoms with van der Waals surface area (Å²) in [6, 6.07) is 4.40. The second kappa shape index (κ2) is 5.20. The van der Waals surface area contributed by atoms with Crippen molar-refractivity contribution in [1.82, 2.24) is 0 Å². The SMILES string of the molecule is COC(=O)C(=O)Cc1cccc([N+](=O)[O-])c1C. The zero-order valence-corrected chi connectivity index (χ0v) is 9.43. The molecule has 17 heavy (non-hydrogen) atoms. The van der Waals surface area contributed by atoms with Crippen molar-refractivity contribution in [2.24, 2.45) is 0 Å². The van der Waals surface area contributed by atoms with E-state index in [4.69, 9.17) is 0 Å². The van der Waals surface area contributed by atoms with Gasteiger partial charge in [0, 0.05) is 18.1 Å². The normalized spacial score (nSPS) is 9.76. The summed E-state index contributed by atoms with van der Waals surface area (Å²) in [6.07, 6.45) is -0.194. The molecule has 0 unspecified atom stereocenters. The molecule has 0 fully saturated rings. The summed E-state index contributed by atoms with van der Waals surface area (Å²) in [6.45, 7) is 1.54. The average molecular weight is 237 g/mol. The van der Waals surface area contributed by atoms with Gasteiger partial charge in [-0.15, -0.1) is 0 Å². The monoisotopic (exact) mass is 237 g/mol. The number of ketones is 1. The molecular formula is C11H11NO5. The predicted molar refractivity (Wildman–Crippen MR) is 58.6 cm³/mol. The molecule has 0 N–H and O–H groups in total. The molecule has 0 spiro atoms. The molecule has 1 rings (SSSR count). The van der Waals surface area contributed by atoms with Gasteiger partial charge in [-0.3, -0.25) is 14.9 Å². The fraction of sp³-hybridized carbons (Fsp3) is 0.273. The molecule has 6 nitrogen and oxygen atoms in total. The standard InChI is InChI=1S/C11H11NO5/c1-7-8(6-10(13)11(14)17-2)4-3-5-9(7)12(15)16/h3-5H,6H2,1-2H3. The van der Waals surface area contributed by atoms with Crippen molar-refractivity contribution in [3.8, 4) is 0 Å². The number of hydrogen-bond donors (Lipinski definition) is 0. The molecule has 0 radical (unpaired) electrons. The van der Waals surface area contributed by atoms with E-state index in [0.29, 0.717) is 11.1 Å². The van der Waals surface area contributed by atoms with Crippen LogP contribution in [0.1, 0.15) is 11.1 Å². The van der Waals surface area contributed by atoms with Crippen molar-refractivity contribution in [3.05, 3.63) is 39.4 Å². The summed E-state index contributed by atoms with van der Waals surface area (Å²) < 4.78 is 4.28. The molecule has 0 aliphatic carbocycles. The molecule has 0 aliphatic heterocycles. The third-order valence-electron chi connectivity index (χ3n) is 2.38. The Hall–Kier alpha value is -2.24. The largest absolute Gasteiger partial charge is 0.463 e. The minimum atomic E-state index is -0.948. The first-order chi connectivity index (χ1) is 7.97. The molecule has 0 heterocycles. The number of nitro groups is 1. The molecule has 90 valence electrons. The Labute approximate surface area is 97.3 Å². The van der Waals surface area contributed by atoms with Gasteiger partial charge in [0.05, 0.1) is 12.0 Å². The molecule has 6 heteroatoms. The van der Waals surface area contributed by atoms with Crippen molar-refractivity contribution < 1.29 is 19.2 Å². The Bertz CT molecular complexity index is 481. The van der Waals surface area contributed by atoms with Crippen LogP contribution in [-0.4, -0.2) is 23.8 Å². The summed E-state index contributed by atoms with van der Waals surface area (Å²) in [5, 5.41) is 10.7. The first-order valence-corrected chi connectivity index (χ1v) is 4.81. The van der Waals surface area contributed by atoms with Gasteiger partial charge in [-0.1, -0.05) is 12.1 Å². The molecule has 0 bridgehead atoms. The Morgan fingerprint density at radius 2 is 2.06 bits per heavy atom. The third-order valence-corrected chi connectivity index (χ3v) is 2.38. The quantitative estimate of drug-likeness (QED) is 0.339. The van der Waals surface area contributed by atoms with Gasteiger partial charge in [0.15, 0.2) is 0 Å². The molecular weight excluding hydrogens is 226 g/mol. The van der Waals surface area contributed by atoms with Gasteiger partial charge < -0.3 is 4.74 Å². The maximum atomic E-state index is 11.3. The summed E-state index contributed by atoms with van der Waals surface area (Å²) >= 11 is 0. The van der Waals surface area contributed by atoms with Crippen molar-refractivity contribution >= 4 is 17.4 Å². The van der Waals surface area contributed by atoms with E-state index >= 15 is 0 Å². The molecule has 0 aromatic heterocycles. The molecule has 0 amide bonds. The third kappa shape index (κ3) is 2.87. The molecule has 0 saturated heterocycles. The van der Waals surface area contributed by atoms with Crippen LogP contribution in [0.25, 0.3) is 0 Å². The van der Waals surface area contributed by atoms with E-state index in [2.05, 4.69) is 4.74 Å². The summed E-state index contributed by atoms with van der Waals surface area (Å²) in [7, 11) is 1.11. The lowest BCUT2D eigenvalue weighted by atomic mass is 10.0. The lowest BCUT2D eigenvalue weighted by molar-refractivity contribution is -0.385. The number of carbonyl (C=O) groups is 2. The Morgan fingerprint density at radius 3 is 2.59 bits per heavy atom. The molecule has 0 aliphatic rings. The number of methoxy groups -OCH3 is 1. The van der Waals surface area contributed by atoms with Crippen molar-refractivity contribution in [2.45, 2.75) is 13.3 Å². The Balaban J connectivity index is 3.00. The predicted octanol–water partition coefficient (Wildman–Crippen LogP) is 1.19. The van der Waals surface area contributed by atoms with Crippen LogP contribution < -0.4 is 0 Å². The number of hydrogen-bond acceptors (Lipinski definition) is 5. The highest BCUT2D eigenvalue weighted by molar-refractivity contribution is 6.34. The second-order valence-electron chi connectivity index (χ2n) is 3.41. The Morgan fingerprint density at radius 1 is 1.41 bits per heavy atom. The van der Waals surface area contributed by atoms with Crippen molar-refractivity contribution in [2.75, 3.05) is 7.11 Å². The number of Topliss-reactive ketones (excluding diaryl/α,β-unsaturated/α-hetero) is 1. The molecule has 0 atom stereocenters. The number of rotatable bonds is 4. The summed E-state index contributed by atoms with van der Waals surface area (Å²) in [5.41, 5.74) is 0.768. The maximum Gasteiger partial charge on any atom is 0.374 e. The van der Waals surface area contributed by atoms with Crippen LogP contribution in [0.4, 0.5) is 5.69 Å². The van der Waals surface area contributed by atoms with Crippen molar-refractivity contribution in [1.29, 1.82) is 0 Å². The van der Waals surface area contributed by atoms with Crippen LogP contribution in [-0.2, 0) is 20.7 Å². The first-order valence-electron chi connectivity index (χ1n) is 4.81. The van der Waals surface area contributed by atoms with Crippen LogP contribution in [0.15, 0.2) is 18.2 Å². The van der Waals surface area contributed by atoms with E-state index in [1.807, 2.05) is 0 Å². The van der Waals surface area contributed by atoms with Gasteiger partial charge in [0.25, 0.3) is 5.69 Å².